The fourth-order valence-electron chi connectivity index (χ4n) is 5.13. The first-order valence-electron chi connectivity index (χ1n) is 12.4. The van der Waals surface area contributed by atoms with Gasteiger partial charge in [0.1, 0.15) is 6.10 Å². The van der Waals surface area contributed by atoms with Gasteiger partial charge in [-0.25, -0.2) is 9.78 Å². The maximum absolute atomic E-state index is 12.2. The Morgan fingerprint density at radius 3 is 2.89 bits per heavy atom. The van der Waals surface area contributed by atoms with Crippen molar-refractivity contribution in [1.82, 2.24) is 24.6 Å². The number of amides is 1. The second-order valence-corrected chi connectivity index (χ2v) is 10.5. The molecule has 1 saturated carbocycles. The summed E-state index contributed by atoms with van der Waals surface area (Å²) < 4.78 is 12.8. The summed E-state index contributed by atoms with van der Waals surface area (Å²) in [7, 11) is 1.58. The predicted octanol–water partition coefficient (Wildman–Crippen LogP) is 4.76. The van der Waals surface area contributed by atoms with Crippen molar-refractivity contribution in [3.8, 4) is 6.07 Å². The summed E-state index contributed by atoms with van der Waals surface area (Å²) in [5, 5.41) is 23.2. The first-order valence-corrected chi connectivity index (χ1v) is 12.4. The van der Waals surface area contributed by atoms with Gasteiger partial charge in [-0.2, -0.15) is 10.2 Å². The van der Waals surface area contributed by atoms with Gasteiger partial charge in [-0.15, -0.1) is 0 Å². The van der Waals surface area contributed by atoms with Gasteiger partial charge in [0.2, 0.25) is 5.89 Å². The number of methoxy groups -OCH3 is 1. The number of fused-ring (bicyclic) bond motifs is 1. The Balaban J connectivity index is 1.41. The highest BCUT2D eigenvalue weighted by Crippen LogP contribution is 2.33. The minimum Gasteiger partial charge on any atom is -0.465 e. The second-order valence-electron chi connectivity index (χ2n) is 10.5. The average Bonchev–Trinajstić information content (AvgIpc) is 3.51. The van der Waals surface area contributed by atoms with E-state index < -0.39 is 11.5 Å². The topological polar surface area (TPSA) is 130 Å². The van der Waals surface area contributed by atoms with Crippen molar-refractivity contribution in [2.75, 3.05) is 20.2 Å². The summed E-state index contributed by atoms with van der Waals surface area (Å²) in [5.74, 6) is 1.54. The molecule has 0 spiro atoms. The molecule has 0 aliphatic heterocycles. The molecule has 1 aliphatic carbocycles. The van der Waals surface area contributed by atoms with Crippen LogP contribution in [-0.2, 0) is 16.7 Å². The predicted molar refractivity (Wildman–Crippen MR) is 132 cm³/mol. The van der Waals surface area contributed by atoms with Crippen LogP contribution in [0.3, 0.4) is 0 Å². The molecule has 3 unspecified atom stereocenters. The molecule has 4 rings (SSSR count). The molecule has 192 valence electrons. The largest absolute Gasteiger partial charge is 0.465 e. The fraction of sp³-hybridized carbons (Fsp3) is 0.577. The van der Waals surface area contributed by atoms with Crippen LogP contribution >= 0.6 is 0 Å². The normalized spacial score (nSPS) is 19.2. The minimum absolute atomic E-state index is 0.260. The highest BCUT2D eigenvalue weighted by atomic mass is 16.5. The highest BCUT2D eigenvalue weighted by molar-refractivity contribution is 5.76. The van der Waals surface area contributed by atoms with E-state index in [0.29, 0.717) is 29.7 Å². The van der Waals surface area contributed by atoms with Crippen LogP contribution in [0.2, 0.25) is 0 Å². The molecule has 1 N–H and O–H groups in total. The number of rotatable bonds is 9. The molecule has 1 fully saturated rings. The van der Waals surface area contributed by atoms with Crippen LogP contribution in [0.4, 0.5) is 4.79 Å². The van der Waals surface area contributed by atoms with E-state index in [1.54, 1.807) is 13.2 Å². The van der Waals surface area contributed by atoms with Gasteiger partial charge in [-0.3, -0.25) is 0 Å². The van der Waals surface area contributed by atoms with Crippen LogP contribution < -0.4 is 0 Å². The molecule has 3 atom stereocenters. The number of hydrogen-bond acceptors (Lipinski definition) is 7. The molecular formula is C26H34N6O4. The van der Waals surface area contributed by atoms with E-state index in [9.17, 15) is 15.2 Å². The third-order valence-electron chi connectivity index (χ3n) is 7.17. The first kappa shape index (κ1) is 25.6. The lowest BCUT2D eigenvalue weighted by Gasteiger charge is -2.35. The Hall–Kier alpha value is -3.45. The number of benzene rings is 1. The van der Waals surface area contributed by atoms with Crippen LogP contribution in [0.15, 0.2) is 29.0 Å². The number of carbonyl (C=O) groups is 1. The Morgan fingerprint density at radius 2 is 2.17 bits per heavy atom. The second kappa shape index (κ2) is 10.7. The van der Waals surface area contributed by atoms with Crippen LogP contribution in [0.25, 0.3) is 11.0 Å². The van der Waals surface area contributed by atoms with Crippen LogP contribution in [0.1, 0.15) is 69.8 Å². The van der Waals surface area contributed by atoms with E-state index in [1.165, 1.54) is 4.90 Å². The number of nitriles is 1. The van der Waals surface area contributed by atoms with Crippen molar-refractivity contribution in [3.63, 3.8) is 0 Å². The smallest absolute Gasteiger partial charge is 0.407 e. The monoisotopic (exact) mass is 494 g/mol. The first-order chi connectivity index (χ1) is 17.2. The van der Waals surface area contributed by atoms with E-state index in [2.05, 4.69) is 25.8 Å². The number of carboxylic acid groups (broad SMARTS) is 1. The molecule has 3 aromatic rings. The Labute approximate surface area is 210 Å². The molecule has 2 heterocycles. The zero-order valence-corrected chi connectivity index (χ0v) is 21.3. The number of aromatic nitrogens is 4. The van der Waals surface area contributed by atoms with Gasteiger partial charge in [0.15, 0.2) is 5.82 Å². The van der Waals surface area contributed by atoms with Crippen molar-refractivity contribution < 1.29 is 19.2 Å². The number of imidazole rings is 1. The van der Waals surface area contributed by atoms with Crippen molar-refractivity contribution in [2.24, 2.45) is 11.8 Å². The molecule has 10 heteroatoms. The molecule has 1 aromatic carbocycles. The SMILES string of the molecule is COC(C)c1noc(C(C)(C)CN(CC2CCCC(Cn3cnc4ccc(C#N)cc43)C2)C(=O)O)n1. The summed E-state index contributed by atoms with van der Waals surface area (Å²) >= 11 is 0. The summed E-state index contributed by atoms with van der Waals surface area (Å²) in [6.07, 6.45) is 4.69. The van der Waals surface area contributed by atoms with Gasteiger partial charge in [0.05, 0.1) is 34.4 Å². The quantitative estimate of drug-likeness (QED) is 0.450. The summed E-state index contributed by atoms with van der Waals surface area (Å²) in [6, 6.07) is 7.74. The lowest BCUT2D eigenvalue weighted by molar-refractivity contribution is 0.107. The third-order valence-corrected chi connectivity index (χ3v) is 7.17. The van der Waals surface area contributed by atoms with Crippen molar-refractivity contribution in [3.05, 3.63) is 41.8 Å². The van der Waals surface area contributed by atoms with E-state index >= 15 is 0 Å². The Morgan fingerprint density at radius 1 is 1.39 bits per heavy atom. The van der Waals surface area contributed by atoms with Gasteiger partial charge in [0, 0.05) is 26.7 Å². The number of ether oxygens (including phenoxy) is 1. The van der Waals surface area contributed by atoms with Crippen molar-refractivity contribution in [1.29, 1.82) is 5.26 Å². The standard InChI is InChI=1S/C26H34N6O4/c1-17(35-4)23-29-24(36-30-23)26(2,3)15-31(25(33)34)13-19-6-5-7-20(10-19)14-32-16-28-21-9-8-18(12-27)11-22(21)32/h8-9,11,16-17,19-20H,5-7,10,13-15H2,1-4H3,(H,33,34). The van der Waals surface area contributed by atoms with Crippen LogP contribution in [-0.4, -0.2) is 56.0 Å². The average molecular weight is 495 g/mol. The van der Waals surface area contributed by atoms with Crippen LogP contribution in [0.5, 0.6) is 0 Å². The van der Waals surface area contributed by atoms with Crippen LogP contribution in [0, 0.1) is 23.2 Å². The van der Waals surface area contributed by atoms with Gasteiger partial charge in [0.25, 0.3) is 0 Å². The van der Waals surface area contributed by atoms with E-state index in [0.717, 1.165) is 43.3 Å². The summed E-state index contributed by atoms with van der Waals surface area (Å²) in [6.45, 7) is 7.20. The van der Waals surface area contributed by atoms with Gasteiger partial charge in [-0.1, -0.05) is 11.6 Å². The maximum atomic E-state index is 12.2. The lowest BCUT2D eigenvalue weighted by Crippen LogP contribution is -2.43. The molecular weight excluding hydrogens is 460 g/mol. The lowest BCUT2D eigenvalue weighted by atomic mass is 9.80. The summed E-state index contributed by atoms with van der Waals surface area (Å²) in [4.78, 5) is 22.6. The molecule has 2 aromatic heterocycles. The third kappa shape index (κ3) is 5.68. The van der Waals surface area contributed by atoms with E-state index in [1.807, 2.05) is 39.2 Å². The van der Waals surface area contributed by atoms with Gasteiger partial charge < -0.3 is 23.8 Å². The zero-order valence-electron chi connectivity index (χ0n) is 21.3. The molecule has 10 nitrogen and oxygen atoms in total. The molecule has 1 aliphatic rings. The van der Waals surface area contributed by atoms with E-state index in [-0.39, 0.29) is 18.6 Å². The number of nitrogens with zero attached hydrogens (tertiary/aromatic N) is 6. The molecule has 36 heavy (non-hydrogen) atoms. The van der Waals surface area contributed by atoms with Crippen molar-refractivity contribution >= 4 is 17.1 Å². The minimum atomic E-state index is -0.945. The highest BCUT2D eigenvalue weighted by Gasteiger charge is 2.34. The van der Waals surface area contributed by atoms with Crippen molar-refractivity contribution in [2.45, 2.75) is 64.5 Å². The Kier molecular flexibility index (Phi) is 7.59. The molecule has 0 saturated heterocycles. The number of hydrogen-bond donors (Lipinski definition) is 1. The maximum Gasteiger partial charge on any atom is 0.407 e. The molecule has 1 amide bonds. The van der Waals surface area contributed by atoms with E-state index in [4.69, 9.17) is 9.26 Å². The molecule has 0 radical (unpaired) electrons. The van der Waals surface area contributed by atoms with Gasteiger partial charge in [-0.05, 0) is 70.1 Å². The summed E-state index contributed by atoms with van der Waals surface area (Å²) in [5.41, 5.74) is 1.83. The van der Waals surface area contributed by atoms with Gasteiger partial charge >= 0.3 is 6.09 Å². The Bertz CT molecular complexity index is 1240. The fourth-order valence-corrected chi connectivity index (χ4v) is 5.13. The molecule has 0 bridgehead atoms. The zero-order chi connectivity index (χ0) is 25.9.